The Morgan fingerprint density at radius 3 is 2.69 bits per heavy atom. The van der Waals surface area contributed by atoms with Gasteiger partial charge < -0.3 is 14.7 Å². The first-order chi connectivity index (χ1) is 12.3. The fourth-order valence-corrected chi connectivity index (χ4v) is 3.60. The molecule has 0 unspecified atom stereocenters. The summed E-state index contributed by atoms with van der Waals surface area (Å²) in [4.78, 5) is 26.0. The third kappa shape index (κ3) is 3.39. The van der Waals surface area contributed by atoms with Gasteiger partial charge in [-0.2, -0.15) is 0 Å². The highest BCUT2D eigenvalue weighted by atomic mass is 79.9. The molecular formula is C20H20BrNO4. The maximum absolute atomic E-state index is 12.9. The van der Waals surface area contributed by atoms with Gasteiger partial charge in [-0.05, 0) is 43.7 Å². The molecule has 5 nitrogen and oxygen atoms in total. The summed E-state index contributed by atoms with van der Waals surface area (Å²) in [6, 6.07) is 12.9. The van der Waals surface area contributed by atoms with Gasteiger partial charge in [0.1, 0.15) is 18.1 Å². The molecule has 0 saturated heterocycles. The van der Waals surface area contributed by atoms with Gasteiger partial charge in [0, 0.05) is 16.5 Å². The molecule has 26 heavy (non-hydrogen) atoms. The predicted molar refractivity (Wildman–Crippen MR) is 102 cm³/mol. The molecule has 0 spiro atoms. The number of benzene rings is 2. The second-order valence-electron chi connectivity index (χ2n) is 6.47. The monoisotopic (exact) mass is 417 g/mol. The van der Waals surface area contributed by atoms with E-state index in [4.69, 9.17) is 4.74 Å². The van der Waals surface area contributed by atoms with E-state index in [1.165, 1.54) is 11.8 Å². The van der Waals surface area contributed by atoms with Crippen molar-refractivity contribution in [3.63, 3.8) is 0 Å². The Bertz CT molecular complexity index is 867. The molecule has 1 aliphatic heterocycles. The molecule has 0 radical (unpaired) electrons. The molecule has 136 valence electrons. The van der Waals surface area contributed by atoms with Crippen molar-refractivity contribution >= 4 is 33.3 Å². The summed E-state index contributed by atoms with van der Waals surface area (Å²) in [6.07, 6.45) is -0.246. The Morgan fingerprint density at radius 1 is 1.27 bits per heavy atom. The van der Waals surface area contributed by atoms with Crippen molar-refractivity contribution < 1.29 is 19.4 Å². The predicted octanol–water partition coefficient (Wildman–Crippen LogP) is 3.35. The van der Waals surface area contributed by atoms with Gasteiger partial charge in [0.2, 0.25) is 0 Å². The number of ketones is 1. The van der Waals surface area contributed by atoms with E-state index >= 15 is 0 Å². The van der Waals surface area contributed by atoms with Crippen molar-refractivity contribution in [2.75, 3.05) is 18.1 Å². The van der Waals surface area contributed by atoms with Crippen LogP contribution < -0.4 is 9.64 Å². The molecule has 2 aromatic rings. The lowest BCUT2D eigenvalue weighted by atomic mass is 9.90. The zero-order chi connectivity index (χ0) is 18.9. The number of nitrogens with zero attached hydrogens (tertiary/aromatic N) is 1. The smallest absolute Gasteiger partial charge is 0.264 e. The largest absolute Gasteiger partial charge is 0.491 e. The highest BCUT2D eigenvalue weighted by molar-refractivity contribution is 9.10. The average Bonchev–Trinajstić information content (AvgIpc) is 2.77. The highest BCUT2D eigenvalue weighted by Gasteiger charge is 2.50. The number of hydrogen-bond acceptors (Lipinski definition) is 4. The number of halogens is 1. The van der Waals surface area contributed by atoms with Crippen LogP contribution in [0, 0.1) is 6.92 Å². The van der Waals surface area contributed by atoms with Gasteiger partial charge in [-0.1, -0.05) is 34.1 Å². The summed E-state index contributed by atoms with van der Waals surface area (Å²) in [5.41, 5.74) is 0.240. The minimum atomic E-state index is -1.83. The van der Waals surface area contributed by atoms with Crippen molar-refractivity contribution in [1.29, 1.82) is 0 Å². The molecule has 0 saturated carbocycles. The van der Waals surface area contributed by atoms with Crippen molar-refractivity contribution in [2.24, 2.45) is 0 Å². The zero-order valence-corrected chi connectivity index (χ0v) is 16.2. The van der Waals surface area contributed by atoms with Crippen LogP contribution in [0.1, 0.15) is 24.5 Å². The van der Waals surface area contributed by atoms with Gasteiger partial charge in [0.15, 0.2) is 5.60 Å². The minimum Gasteiger partial charge on any atom is -0.491 e. The van der Waals surface area contributed by atoms with Crippen LogP contribution in [-0.2, 0) is 15.2 Å². The van der Waals surface area contributed by atoms with E-state index in [0.29, 0.717) is 11.3 Å². The Hall–Kier alpha value is -2.18. The maximum atomic E-state index is 12.9. The number of amides is 1. The molecule has 1 heterocycles. The lowest BCUT2D eigenvalue weighted by molar-refractivity contribution is -0.141. The van der Waals surface area contributed by atoms with Crippen LogP contribution in [0.4, 0.5) is 5.69 Å². The topological polar surface area (TPSA) is 66.8 Å². The molecule has 1 atom stereocenters. The number of Topliss-reactive ketones (excluding diaryl/α,β-unsaturated/α-hetero) is 1. The molecule has 0 aromatic heterocycles. The molecule has 1 amide bonds. The van der Waals surface area contributed by atoms with E-state index in [1.807, 2.05) is 31.2 Å². The highest BCUT2D eigenvalue weighted by Crippen LogP contribution is 2.43. The number of hydrogen-bond donors (Lipinski definition) is 1. The Balaban J connectivity index is 1.83. The van der Waals surface area contributed by atoms with Crippen molar-refractivity contribution in [1.82, 2.24) is 0 Å². The van der Waals surface area contributed by atoms with Gasteiger partial charge in [-0.25, -0.2) is 0 Å². The van der Waals surface area contributed by atoms with E-state index < -0.39 is 11.5 Å². The minimum absolute atomic E-state index is 0.246. The summed E-state index contributed by atoms with van der Waals surface area (Å²) in [6.45, 7) is 3.88. The average molecular weight is 418 g/mol. The summed E-state index contributed by atoms with van der Waals surface area (Å²) in [5.74, 6) is 0.0214. The number of para-hydroxylation sites is 1. The normalized spacial score (nSPS) is 18.8. The molecule has 1 N–H and O–H groups in total. The number of anilines is 1. The lowest BCUT2D eigenvalue weighted by Crippen LogP contribution is -2.43. The van der Waals surface area contributed by atoms with E-state index in [0.717, 1.165) is 15.8 Å². The molecular weight excluding hydrogens is 398 g/mol. The van der Waals surface area contributed by atoms with Crippen LogP contribution in [0.3, 0.4) is 0 Å². The Kier molecular flexibility index (Phi) is 5.16. The van der Waals surface area contributed by atoms with Crippen LogP contribution in [-0.4, -0.2) is 29.9 Å². The first-order valence-corrected chi connectivity index (χ1v) is 9.14. The number of carbonyl (C=O) groups is 2. The standard InChI is InChI=1S/C20H20BrNO4/c1-13-5-3-4-6-18(13)26-10-9-22-17-8-7-15(21)11-16(17)20(25,19(22)24)12-14(2)23/h3-8,11,25H,9-10,12H2,1-2H3/t20-/m0/s1. The molecule has 0 aliphatic carbocycles. The van der Waals surface area contributed by atoms with Gasteiger partial charge in [-0.15, -0.1) is 0 Å². The molecule has 0 fully saturated rings. The van der Waals surface area contributed by atoms with Crippen molar-refractivity contribution in [2.45, 2.75) is 25.9 Å². The summed E-state index contributed by atoms with van der Waals surface area (Å²) >= 11 is 3.36. The van der Waals surface area contributed by atoms with Crippen LogP contribution >= 0.6 is 15.9 Å². The first-order valence-electron chi connectivity index (χ1n) is 8.35. The van der Waals surface area contributed by atoms with E-state index in [1.54, 1.807) is 18.2 Å². The van der Waals surface area contributed by atoms with Crippen LogP contribution in [0.15, 0.2) is 46.9 Å². The second-order valence-corrected chi connectivity index (χ2v) is 7.39. The zero-order valence-electron chi connectivity index (χ0n) is 14.7. The molecule has 2 aromatic carbocycles. The number of carbonyl (C=O) groups excluding carboxylic acids is 2. The fourth-order valence-electron chi connectivity index (χ4n) is 3.24. The number of aliphatic hydroxyl groups is 1. The summed E-state index contributed by atoms with van der Waals surface area (Å²) < 4.78 is 6.52. The van der Waals surface area contributed by atoms with Crippen LogP contribution in [0.5, 0.6) is 5.75 Å². The van der Waals surface area contributed by atoms with Gasteiger partial charge in [0.25, 0.3) is 5.91 Å². The fraction of sp³-hybridized carbons (Fsp3) is 0.300. The van der Waals surface area contributed by atoms with Crippen LogP contribution in [0.2, 0.25) is 0 Å². The van der Waals surface area contributed by atoms with Gasteiger partial charge >= 0.3 is 0 Å². The Morgan fingerprint density at radius 2 is 2.00 bits per heavy atom. The molecule has 0 bridgehead atoms. The molecule has 1 aliphatic rings. The van der Waals surface area contributed by atoms with Crippen LogP contribution in [0.25, 0.3) is 0 Å². The van der Waals surface area contributed by atoms with E-state index in [2.05, 4.69) is 15.9 Å². The third-order valence-corrected chi connectivity index (χ3v) is 4.96. The summed E-state index contributed by atoms with van der Waals surface area (Å²) in [5, 5.41) is 11.0. The number of fused-ring (bicyclic) bond motifs is 1. The quantitative estimate of drug-likeness (QED) is 0.782. The number of rotatable bonds is 6. The summed E-state index contributed by atoms with van der Waals surface area (Å²) in [7, 11) is 0. The first kappa shape index (κ1) is 18.6. The second kappa shape index (κ2) is 7.21. The van der Waals surface area contributed by atoms with Gasteiger partial charge in [-0.3, -0.25) is 9.59 Å². The maximum Gasteiger partial charge on any atom is 0.264 e. The lowest BCUT2D eigenvalue weighted by Gasteiger charge is -2.22. The van der Waals surface area contributed by atoms with Crippen molar-refractivity contribution in [3.8, 4) is 5.75 Å². The number of ether oxygens (including phenoxy) is 1. The molecule has 3 rings (SSSR count). The number of aryl methyl sites for hydroxylation is 1. The van der Waals surface area contributed by atoms with E-state index in [-0.39, 0.29) is 25.4 Å². The molecule has 6 heteroatoms. The van der Waals surface area contributed by atoms with E-state index in [9.17, 15) is 14.7 Å². The van der Waals surface area contributed by atoms with Gasteiger partial charge in [0.05, 0.1) is 12.2 Å². The SMILES string of the molecule is CC(=O)C[C@@]1(O)C(=O)N(CCOc2ccccc2C)c2ccc(Br)cc21. The Labute approximate surface area is 160 Å². The van der Waals surface area contributed by atoms with Crippen molar-refractivity contribution in [3.05, 3.63) is 58.1 Å². The third-order valence-electron chi connectivity index (χ3n) is 4.46.